The lowest BCUT2D eigenvalue weighted by atomic mass is 10.2. The van der Waals surface area contributed by atoms with Gasteiger partial charge in [0.05, 0.1) is 11.2 Å². The first-order chi connectivity index (χ1) is 14.5. The van der Waals surface area contributed by atoms with Gasteiger partial charge >= 0.3 is 19.5 Å². The van der Waals surface area contributed by atoms with Crippen molar-refractivity contribution in [3.8, 4) is 0 Å². The molecule has 10 nitrogen and oxygen atoms in total. The minimum atomic E-state index is -4.40. The Kier molecular flexibility index (Phi) is 8.69. The number of amides is 1. The van der Waals surface area contributed by atoms with E-state index in [1.165, 1.54) is 4.57 Å². The van der Waals surface area contributed by atoms with Crippen molar-refractivity contribution in [2.24, 2.45) is 0 Å². The van der Waals surface area contributed by atoms with Crippen LogP contribution in [0, 0.1) is 0 Å². The SMILES string of the molecule is CCCC(=O)N[C@@H](CSc1c2ccccc2cn1C(CCP(=O)(O)O)C(=O)O)C(=O)O. The number of carbonyl (C=O) groups excluding carboxylic acids is 1. The third-order valence-corrected chi connectivity index (χ3v) is 6.56. The van der Waals surface area contributed by atoms with Crippen LogP contribution in [0.4, 0.5) is 0 Å². The van der Waals surface area contributed by atoms with E-state index in [-0.39, 0.29) is 24.5 Å². The second-order valence-corrected chi connectivity index (χ2v) is 9.76. The Morgan fingerprint density at radius 2 is 1.84 bits per heavy atom. The van der Waals surface area contributed by atoms with Gasteiger partial charge in [-0.3, -0.25) is 9.36 Å². The van der Waals surface area contributed by atoms with E-state index in [9.17, 15) is 29.2 Å². The lowest BCUT2D eigenvalue weighted by Gasteiger charge is -2.19. The van der Waals surface area contributed by atoms with Crippen LogP contribution in [0.2, 0.25) is 0 Å². The molecule has 2 aromatic rings. The molecule has 1 aromatic heterocycles. The van der Waals surface area contributed by atoms with Gasteiger partial charge in [-0.15, -0.1) is 11.8 Å². The molecule has 2 atom stereocenters. The molecule has 0 saturated heterocycles. The van der Waals surface area contributed by atoms with E-state index in [0.717, 1.165) is 11.8 Å². The Labute approximate surface area is 182 Å². The number of carboxylic acids is 2. The molecule has 0 aliphatic carbocycles. The van der Waals surface area contributed by atoms with Crippen LogP contribution < -0.4 is 5.32 Å². The second kappa shape index (κ2) is 10.8. The van der Waals surface area contributed by atoms with E-state index in [1.54, 1.807) is 37.4 Å². The zero-order chi connectivity index (χ0) is 23.2. The van der Waals surface area contributed by atoms with Gasteiger partial charge in [-0.05, 0) is 12.8 Å². The van der Waals surface area contributed by atoms with Gasteiger partial charge in [0.1, 0.15) is 12.1 Å². The molecule has 1 heterocycles. The summed E-state index contributed by atoms with van der Waals surface area (Å²) in [6.45, 7) is 1.80. The molecule has 170 valence electrons. The predicted molar refractivity (Wildman–Crippen MR) is 115 cm³/mol. The molecule has 0 bridgehead atoms. The molecule has 0 aliphatic rings. The van der Waals surface area contributed by atoms with Crippen LogP contribution in [-0.2, 0) is 18.9 Å². The van der Waals surface area contributed by atoms with Gasteiger partial charge in [-0.25, -0.2) is 9.59 Å². The number of aliphatic carboxylic acids is 2. The predicted octanol–water partition coefficient (Wildman–Crippen LogP) is 2.30. The van der Waals surface area contributed by atoms with Crippen molar-refractivity contribution in [3.05, 3.63) is 30.5 Å². The van der Waals surface area contributed by atoms with E-state index in [4.69, 9.17) is 9.79 Å². The van der Waals surface area contributed by atoms with E-state index in [2.05, 4.69) is 5.32 Å². The van der Waals surface area contributed by atoms with Gasteiger partial charge < -0.3 is 29.9 Å². The van der Waals surface area contributed by atoms with Crippen LogP contribution in [0.25, 0.3) is 10.8 Å². The minimum absolute atomic E-state index is 0.0520. The summed E-state index contributed by atoms with van der Waals surface area (Å²) in [7, 11) is -4.40. The number of benzene rings is 1. The summed E-state index contributed by atoms with van der Waals surface area (Å²) >= 11 is 1.07. The quantitative estimate of drug-likeness (QED) is 0.230. The van der Waals surface area contributed by atoms with E-state index < -0.39 is 37.8 Å². The molecule has 1 amide bonds. The maximum Gasteiger partial charge on any atom is 0.327 e. The molecule has 31 heavy (non-hydrogen) atoms. The first kappa shape index (κ1) is 24.9. The van der Waals surface area contributed by atoms with Crippen molar-refractivity contribution in [1.82, 2.24) is 9.88 Å². The number of nitrogens with zero attached hydrogens (tertiary/aromatic N) is 1. The standard InChI is InChI=1S/C19H25N2O8PS/c1-2-5-16(22)20-14(18(23)24)11-31-17-13-7-4-3-6-12(13)10-21(17)15(19(25)26)8-9-30(27,28)29/h3-4,6-7,10,14-15H,2,5,8-9,11H2,1H3,(H,20,22)(H,23,24)(H,25,26)(H2,27,28,29)/t14-,15?/m0/s1. The number of rotatable bonds is 12. The summed E-state index contributed by atoms with van der Waals surface area (Å²) in [4.78, 5) is 53.6. The fraction of sp³-hybridized carbons (Fsp3) is 0.421. The number of aromatic nitrogens is 1. The maximum absolute atomic E-state index is 11.9. The molecule has 0 radical (unpaired) electrons. The van der Waals surface area contributed by atoms with Crippen LogP contribution in [-0.4, -0.2) is 60.4 Å². The van der Waals surface area contributed by atoms with E-state index in [1.807, 2.05) is 0 Å². The minimum Gasteiger partial charge on any atom is -0.480 e. The average Bonchev–Trinajstić information content (AvgIpc) is 3.02. The maximum atomic E-state index is 11.9. The average molecular weight is 472 g/mol. The summed E-state index contributed by atoms with van der Waals surface area (Å²) in [6.07, 6.45) is 1.43. The van der Waals surface area contributed by atoms with Gasteiger partial charge in [-0.1, -0.05) is 31.2 Å². The highest BCUT2D eigenvalue weighted by Crippen LogP contribution is 2.39. The molecule has 1 unspecified atom stereocenters. The molecule has 12 heteroatoms. The third kappa shape index (κ3) is 7.10. The van der Waals surface area contributed by atoms with Gasteiger partial charge in [0.15, 0.2) is 0 Å². The van der Waals surface area contributed by atoms with Crippen molar-refractivity contribution in [2.75, 3.05) is 11.9 Å². The number of fused-ring (bicyclic) bond motifs is 1. The van der Waals surface area contributed by atoms with E-state index >= 15 is 0 Å². The highest BCUT2D eigenvalue weighted by Gasteiger charge is 2.28. The fourth-order valence-corrected chi connectivity index (χ4v) is 4.84. The second-order valence-electron chi connectivity index (χ2n) is 6.98. The number of carbonyl (C=O) groups is 3. The molecular formula is C19H25N2O8PS. The van der Waals surface area contributed by atoms with Crippen molar-refractivity contribution in [2.45, 2.75) is 43.3 Å². The van der Waals surface area contributed by atoms with Crippen molar-refractivity contribution >= 4 is 48.0 Å². The Morgan fingerprint density at radius 3 is 2.42 bits per heavy atom. The van der Waals surface area contributed by atoms with Crippen molar-refractivity contribution in [1.29, 1.82) is 0 Å². The Bertz CT molecular complexity index is 1000. The van der Waals surface area contributed by atoms with Crippen LogP contribution in [0.1, 0.15) is 32.2 Å². The van der Waals surface area contributed by atoms with Gasteiger partial charge in [0.2, 0.25) is 5.91 Å². The first-order valence-corrected chi connectivity index (χ1v) is 12.3. The smallest absolute Gasteiger partial charge is 0.327 e. The highest BCUT2D eigenvalue weighted by atomic mass is 32.2. The Balaban J connectivity index is 2.36. The monoisotopic (exact) mass is 472 g/mol. The topological polar surface area (TPSA) is 166 Å². The number of nitrogens with one attached hydrogen (secondary N) is 1. The molecule has 1 aromatic carbocycles. The van der Waals surface area contributed by atoms with Gasteiger partial charge in [-0.2, -0.15) is 0 Å². The zero-order valence-corrected chi connectivity index (χ0v) is 18.5. The lowest BCUT2D eigenvalue weighted by molar-refractivity contribution is -0.141. The van der Waals surface area contributed by atoms with E-state index in [0.29, 0.717) is 22.2 Å². The lowest BCUT2D eigenvalue weighted by Crippen LogP contribution is -2.42. The number of carboxylic acid groups (broad SMARTS) is 2. The molecule has 2 rings (SSSR count). The van der Waals surface area contributed by atoms with Crippen LogP contribution in [0.3, 0.4) is 0 Å². The molecule has 0 spiro atoms. The number of hydrogen-bond donors (Lipinski definition) is 5. The molecular weight excluding hydrogens is 447 g/mol. The fourth-order valence-electron chi connectivity index (χ4n) is 3.04. The third-order valence-electron chi connectivity index (χ3n) is 4.52. The Morgan fingerprint density at radius 1 is 1.16 bits per heavy atom. The van der Waals surface area contributed by atoms with Crippen molar-refractivity contribution in [3.63, 3.8) is 0 Å². The number of hydrogen-bond acceptors (Lipinski definition) is 5. The normalized spacial score (nSPS) is 13.6. The van der Waals surface area contributed by atoms with Gasteiger partial charge in [0, 0.05) is 29.1 Å². The first-order valence-electron chi connectivity index (χ1n) is 9.55. The largest absolute Gasteiger partial charge is 0.480 e. The molecule has 0 aliphatic heterocycles. The van der Waals surface area contributed by atoms with Crippen molar-refractivity contribution < 1.29 is 38.9 Å². The Hall–Kier alpha value is -2.33. The molecule has 0 saturated carbocycles. The van der Waals surface area contributed by atoms with Crippen LogP contribution in [0.15, 0.2) is 35.5 Å². The van der Waals surface area contributed by atoms with Gasteiger partial charge in [0.25, 0.3) is 0 Å². The number of thioether (sulfide) groups is 1. The summed E-state index contributed by atoms with van der Waals surface area (Å²) < 4.78 is 12.7. The summed E-state index contributed by atoms with van der Waals surface area (Å²) in [5.74, 6) is -2.91. The summed E-state index contributed by atoms with van der Waals surface area (Å²) in [5.41, 5.74) is 0. The molecule has 0 fully saturated rings. The zero-order valence-electron chi connectivity index (χ0n) is 16.8. The van der Waals surface area contributed by atoms with Crippen LogP contribution in [0.5, 0.6) is 0 Å². The van der Waals surface area contributed by atoms with Crippen LogP contribution >= 0.6 is 19.4 Å². The highest BCUT2D eigenvalue weighted by molar-refractivity contribution is 7.99. The molecule has 5 N–H and O–H groups in total. The summed E-state index contributed by atoms with van der Waals surface area (Å²) in [6, 6.07) is 4.60. The summed E-state index contributed by atoms with van der Waals surface area (Å²) in [5, 5.41) is 23.4.